The summed E-state index contributed by atoms with van der Waals surface area (Å²) in [6.45, 7) is 13.3. The first-order chi connectivity index (χ1) is 14.7. The quantitative estimate of drug-likeness (QED) is 0.505. The molecule has 4 rings (SSSR count). The summed E-state index contributed by atoms with van der Waals surface area (Å²) in [4.78, 5) is 4.56. The Kier molecular flexibility index (Phi) is 6.07. The molecule has 0 bridgehead atoms. The predicted octanol–water partition coefficient (Wildman–Crippen LogP) is 5.33. The van der Waals surface area contributed by atoms with E-state index in [0.717, 1.165) is 36.5 Å². The van der Waals surface area contributed by atoms with Gasteiger partial charge >= 0.3 is 0 Å². The van der Waals surface area contributed by atoms with E-state index in [1.54, 1.807) is 0 Å². The molecule has 1 fully saturated rings. The Morgan fingerprint density at radius 2 is 1.90 bits per heavy atom. The second kappa shape index (κ2) is 8.62. The highest BCUT2D eigenvalue weighted by atomic mass is 15.1. The third kappa shape index (κ3) is 5.09. The third-order valence-corrected chi connectivity index (χ3v) is 6.47. The second-order valence-electron chi connectivity index (χ2n) is 10.7. The van der Waals surface area contributed by atoms with E-state index in [9.17, 15) is 0 Å². The molecule has 0 aliphatic carbocycles. The van der Waals surface area contributed by atoms with E-state index >= 15 is 0 Å². The van der Waals surface area contributed by atoms with Crippen molar-refractivity contribution < 1.29 is 0 Å². The van der Waals surface area contributed by atoms with E-state index in [4.69, 9.17) is 0 Å². The second-order valence-corrected chi connectivity index (χ2v) is 10.7. The molecular formula is C26H37N5. The van der Waals surface area contributed by atoms with Gasteiger partial charge in [0, 0.05) is 29.6 Å². The molecule has 1 aromatic carbocycles. The Morgan fingerprint density at radius 1 is 1.06 bits per heavy atom. The van der Waals surface area contributed by atoms with Crippen molar-refractivity contribution in [3.63, 3.8) is 0 Å². The van der Waals surface area contributed by atoms with Crippen LogP contribution in [-0.4, -0.2) is 34.3 Å². The molecule has 1 aliphatic heterocycles. The normalized spacial score (nSPS) is 17.8. The Hall–Kier alpha value is -2.40. The highest BCUT2D eigenvalue weighted by molar-refractivity contribution is 5.83. The number of anilines is 1. The average Bonchev–Trinajstić information content (AvgIpc) is 3.17. The number of H-pyrrole nitrogens is 1. The molecule has 2 aromatic heterocycles. The van der Waals surface area contributed by atoms with Gasteiger partial charge in [0.05, 0.1) is 11.2 Å². The zero-order valence-electron chi connectivity index (χ0n) is 19.7. The Balaban J connectivity index is 1.48. The maximum Gasteiger partial charge on any atom is 0.126 e. The van der Waals surface area contributed by atoms with Crippen molar-refractivity contribution in [2.75, 3.05) is 18.4 Å². The summed E-state index contributed by atoms with van der Waals surface area (Å²) in [6.07, 6.45) is 6.74. The highest BCUT2D eigenvalue weighted by Gasteiger charge is 2.24. The number of nitrogens with zero attached hydrogens (tertiary/aromatic N) is 2. The smallest absolute Gasteiger partial charge is 0.126 e. The largest absolute Gasteiger partial charge is 0.369 e. The van der Waals surface area contributed by atoms with Crippen LogP contribution in [0.25, 0.3) is 10.9 Å². The van der Waals surface area contributed by atoms with Gasteiger partial charge in [0.1, 0.15) is 5.82 Å². The van der Waals surface area contributed by atoms with Gasteiger partial charge in [-0.25, -0.2) is 4.98 Å². The molecule has 1 saturated heterocycles. The number of hydrogen-bond donors (Lipinski definition) is 3. The van der Waals surface area contributed by atoms with E-state index in [1.807, 2.05) is 6.20 Å². The van der Waals surface area contributed by atoms with E-state index in [1.165, 1.54) is 35.8 Å². The summed E-state index contributed by atoms with van der Waals surface area (Å²) >= 11 is 0. The number of fused-ring (bicyclic) bond motifs is 1. The molecular weight excluding hydrogens is 382 g/mol. The summed E-state index contributed by atoms with van der Waals surface area (Å²) in [6, 6.07) is 11.7. The van der Waals surface area contributed by atoms with Gasteiger partial charge in [0.15, 0.2) is 0 Å². The SMILES string of the molecule is CC(C)(C)c1n[nH]c2cc(CC(C)(C)c3ccnc(NCC4CCCCN4)c3)ccc12. The summed E-state index contributed by atoms with van der Waals surface area (Å²) < 4.78 is 0. The minimum atomic E-state index is 0.00299. The number of hydrogen-bond acceptors (Lipinski definition) is 4. The zero-order chi connectivity index (χ0) is 22.1. The molecule has 0 radical (unpaired) electrons. The van der Waals surface area contributed by atoms with E-state index < -0.39 is 0 Å². The number of aromatic amines is 1. The minimum absolute atomic E-state index is 0.00299. The van der Waals surface area contributed by atoms with Gasteiger partial charge < -0.3 is 10.6 Å². The van der Waals surface area contributed by atoms with Crippen molar-refractivity contribution in [2.24, 2.45) is 0 Å². The molecule has 0 saturated carbocycles. The fraction of sp³-hybridized carbons (Fsp3) is 0.538. The third-order valence-electron chi connectivity index (χ3n) is 6.47. The summed E-state index contributed by atoms with van der Waals surface area (Å²) in [7, 11) is 0. The lowest BCUT2D eigenvalue weighted by atomic mass is 9.79. The van der Waals surface area contributed by atoms with Crippen LogP contribution in [0.5, 0.6) is 0 Å². The molecule has 3 N–H and O–H groups in total. The van der Waals surface area contributed by atoms with Crippen LogP contribution in [0.1, 0.15) is 70.7 Å². The summed E-state index contributed by atoms with van der Waals surface area (Å²) in [5, 5.41) is 16.2. The molecule has 31 heavy (non-hydrogen) atoms. The fourth-order valence-electron chi connectivity index (χ4n) is 4.63. The molecule has 1 aliphatic rings. The van der Waals surface area contributed by atoms with E-state index in [-0.39, 0.29) is 10.8 Å². The van der Waals surface area contributed by atoms with Crippen molar-refractivity contribution in [1.82, 2.24) is 20.5 Å². The minimum Gasteiger partial charge on any atom is -0.369 e. The fourth-order valence-corrected chi connectivity index (χ4v) is 4.63. The van der Waals surface area contributed by atoms with Crippen molar-refractivity contribution >= 4 is 16.7 Å². The monoisotopic (exact) mass is 419 g/mol. The molecule has 5 heteroatoms. The molecule has 1 unspecified atom stereocenters. The number of rotatable bonds is 6. The molecule has 166 valence electrons. The maximum atomic E-state index is 4.59. The number of piperidine rings is 1. The Bertz CT molecular complexity index is 1020. The molecule has 0 amide bonds. The number of nitrogens with one attached hydrogen (secondary N) is 3. The van der Waals surface area contributed by atoms with Gasteiger partial charge in [-0.05, 0) is 60.5 Å². The van der Waals surface area contributed by atoms with Gasteiger partial charge in [-0.1, -0.05) is 53.2 Å². The van der Waals surface area contributed by atoms with Crippen molar-refractivity contribution in [3.8, 4) is 0 Å². The first-order valence-electron chi connectivity index (χ1n) is 11.6. The molecule has 3 heterocycles. The zero-order valence-corrected chi connectivity index (χ0v) is 19.7. The van der Waals surface area contributed by atoms with Gasteiger partial charge in [-0.3, -0.25) is 5.10 Å². The first-order valence-corrected chi connectivity index (χ1v) is 11.6. The van der Waals surface area contributed by atoms with Crippen LogP contribution in [0, 0.1) is 0 Å². The summed E-state index contributed by atoms with van der Waals surface area (Å²) in [5.74, 6) is 0.969. The van der Waals surface area contributed by atoms with Gasteiger partial charge in [0.2, 0.25) is 0 Å². The average molecular weight is 420 g/mol. The lowest BCUT2D eigenvalue weighted by molar-refractivity contribution is 0.414. The van der Waals surface area contributed by atoms with Crippen LogP contribution in [0.4, 0.5) is 5.82 Å². The lowest BCUT2D eigenvalue weighted by Gasteiger charge is -2.27. The Labute approximate surface area is 186 Å². The standard InChI is InChI=1S/C26H37N5/c1-25(2,3)24-21-10-9-18(14-22(21)30-31-24)16-26(4,5)19-11-13-28-23(15-19)29-17-20-8-6-7-12-27-20/h9-11,13-15,20,27H,6-8,12,16-17H2,1-5H3,(H,28,29)(H,30,31). The molecule has 5 nitrogen and oxygen atoms in total. The summed E-state index contributed by atoms with van der Waals surface area (Å²) in [5.41, 5.74) is 4.91. The molecule has 1 atom stereocenters. The van der Waals surface area contributed by atoms with Crippen LogP contribution in [0.2, 0.25) is 0 Å². The van der Waals surface area contributed by atoms with Crippen LogP contribution >= 0.6 is 0 Å². The number of benzene rings is 1. The molecule has 0 spiro atoms. The van der Waals surface area contributed by atoms with Crippen LogP contribution < -0.4 is 10.6 Å². The van der Waals surface area contributed by atoms with Gasteiger partial charge in [-0.15, -0.1) is 0 Å². The maximum absolute atomic E-state index is 4.59. The first kappa shape index (κ1) is 21.8. The van der Waals surface area contributed by atoms with Crippen molar-refractivity contribution in [3.05, 3.63) is 53.3 Å². The topological polar surface area (TPSA) is 65.6 Å². The number of aromatic nitrogens is 3. The van der Waals surface area contributed by atoms with Crippen LogP contribution in [-0.2, 0) is 17.3 Å². The molecule has 3 aromatic rings. The van der Waals surface area contributed by atoms with Crippen LogP contribution in [0.15, 0.2) is 36.5 Å². The lowest BCUT2D eigenvalue weighted by Crippen LogP contribution is -2.39. The van der Waals surface area contributed by atoms with Crippen LogP contribution in [0.3, 0.4) is 0 Å². The highest BCUT2D eigenvalue weighted by Crippen LogP contribution is 2.32. The van der Waals surface area contributed by atoms with Crippen molar-refractivity contribution in [1.29, 1.82) is 0 Å². The Morgan fingerprint density at radius 3 is 2.65 bits per heavy atom. The predicted molar refractivity (Wildman–Crippen MR) is 130 cm³/mol. The van der Waals surface area contributed by atoms with Gasteiger partial charge in [-0.2, -0.15) is 5.10 Å². The van der Waals surface area contributed by atoms with Crippen molar-refractivity contribution in [2.45, 2.75) is 77.2 Å². The van der Waals surface area contributed by atoms with E-state index in [2.05, 4.69) is 90.8 Å². The number of pyridine rings is 1. The van der Waals surface area contributed by atoms with E-state index in [0.29, 0.717) is 6.04 Å². The van der Waals surface area contributed by atoms with Gasteiger partial charge in [0.25, 0.3) is 0 Å².